The SMILES string of the molecule is NCc1cc2c(s1)C[C@H](O)C2. The first-order valence-electron chi connectivity index (χ1n) is 3.78. The first-order valence-corrected chi connectivity index (χ1v) is 4.60. The molecule has 60 valence electrons. The Balaban J connectivity index is 2.29. The van der Waals surface area contributed by atoms with Gasteiger partial charge in [0.25, 0.3) is 0 Å². The molecule has 1 aliphatic rings. The summed E-state index contributed by atoms with van der Waals surface area (Å²) >= 11 is 1.74. The van der Waals surface area contributed by atoms with Gasteiger partial charge in [-0.15, -0.1) is 11.3 Å². The van der Waals surface area contributed by atoms with E-state index in [0.29, 0.717) is 6.54 Å². The molecule has 1 aromatic heterocycles. The Labute approximate surface area is 69.7 Å². The van der Waals surface area contributed by atoms with Crippen LogP contribution in [0, 0.1) is 0 Å². The normalized spacial score (nSPS) is 22.2. The van der Waals surface area contributed by atoms with Crippen molar-refractivity contribution in [1.29, 1.82) is 0 Å². The van der Waals surface area contributed by atoms with Crippen LogP contribution in [-0.2, 0) is 19.4 Å². The van der Waals surface area contributed by atoms with Crippen molar-refractivity contribution < 1.29 is 5.11 Å². The number of nitrogens with two attached hydrogens (primary N) is 1. The van der Waals surface area contributed by atoms with Crippen LogP contribution in [-0.4, -0.2) is 11.2 Å². The van der Waals surface area contributed by atoms with Crippen LogP contribution >= 0.6 is 11.3 Å². The maximum atomic E-state index is 9.28. The Morgan fingerprint density at radius 2 is 2.45 bits per heavy atom. The minimum atomic E-state index is -0.136. The summed E-state index contributed by atoms with van der Waals surface area (Å²) in [5, 5.41) is 9.28. The zero-order valence-corrected chi connectivity index (χ0v) is 7.03. The number of aliphatic hydroxyl groups excluding tert-OH is 1. The molecular formula is C8H11NOS. The van der Waals surface area contributed by atoms with Crippen molar-refractivity contribution >= 4 is 11.3 Å². The van der Waals surface area contributed by atoms with E-state index in [1.165, 1.54) is 15.3 Å². The third kappa shape index (κ3) is 1.20. The van der Waals surface area contributed by atoms with Crippen LogP contribution in [0.3, 0.4) is 0 Å². The van der Waals surface area contributed by atoms with Crippen LogP contribution in [0.4, 0.5) is 0 Å². The van der Waals surface area contributed by atoms with Gasteiger partial charge in [-0.25, -0.2) is 0 Å². The minimum absolute atomic E-state index is 0.136. The zero-order valence-electron chi connectivity index (χ0n) is 6.21. The van der Waals surface area contributed by atoms with Gasteiger partial charge in [-0.1, -0.05) is 0 Å². The smallest absolute Gasteiger partial charge is 0.0629 e. The molecule has 0 bridgehead atoms. The molecule has 0 spiro atoms. The van der Waals surface area contributed by atoms with Crippen molar-refractivity contribution in [3.63, 3.8) is 0 Å². The highest BCUT2D eigenvalue weighted by atomic mass is 32.1. The van der Waals surface area contributed by atoms with Gasteiger partial charge >= 0.3 is 0 Å². The van der Waals surface area contributed by atoms with E-state index >= 15 is 0 Å². The third-order valence-corrected chi connectivity index (χ3v) is 3.25. The predicted molar refractivity (Wildman–Crippen MR) is 45.6 cm³/mol. The summed E-state index contributed by atoms with van der Waals surface area (Å²) in [4.78, 5) is 2.57. The largest absolute Gasteiger partial charge is 0.392 e. The molecule has 1 heterocycles. The lowest BCUT2D eigenvalue weighted by atomic mass is 10.2. The first kappa shape index (κ1) is 7.28. The molecule has 2 nitrogen and oxygen atoms in total. The van der Waals surface area contributed by atoms with E-state index < -0.39 is 0 Å². The molecule has 3 heteroatoms. The molecule has 0 aromatic carbocycles. The Kier molecular flexibility index (Phi) is 1.71. The lowest BCUT2D eigenvalue weighted by Gasteiger charge is -1.96. The highest BCUT2D eigenvalue weighted by molar-refractivity contribution is 7.12. The average Bonchev–Trinajstić information content (AvgIpc) is 2.43. The van der Waals surface area contributed by atoms with Gasteiger partial charge in [0.2, 0.25) is 0 Å². The molecule has 0 radical (unpaired) electrons. The Bertz CT molecular complexity index is 246. The second kappa shape index (κ2) is 2.59. The molecular weight excluding hydrogens is 158 g/mol. The van der Waals surface area contributed by atoms with Gasteiger partial charge in [-0.05, 0) is 18.1 Å². The fraction of sp³-hybridized carbons (Fsp3) is 0.500. The van der Waals surface area contributed by atoms with Gasteiger partial charge in [-0.2, -0.15) is 0 Å². The number of rotatable bonds is 1. The molecule has 0 saturated heterocycles. The van der Waals surface area contributed by atoms with E-state index in [2.05, 4.69) is 6.07 Å². The van der Waals surface area contributed by atoms with Crippen molar-refractivity contribution in [3.8, 4) is 0 Å². The van der Waals surface area contributed by atoms with Gasteiger partial charge < -0.3 is 10.8 Å². The van der Waals surface area contributed by atoms with E-state index in [1.54, 1.807) is 11.3 Å². The standard InChI is InChI=1S/C8H11NOS/c9-4-7-2-5-1-6(10)3-8(5)11-7/h2,6,10H,1,3-4,9H2/t6-/m1/s1. The Morgan fingerprint density at radius 1 is 1.64 bits per heavy atom. The molecule has 11 heavy (non-hydrogen) atoms. The minimum Gasteiger partial charge on any atom is -0.392 e. The van der Waals surface area contributed by atoms with E-state index in [9.17, 15) is 5.11 Å². The van der Waals surface area contributed by atoms with Gasteiger partial charge in [0.1, 0.15) is 0 Å². The van der Waals surface area contributed by atoms with Crippen LogP contribution in [0.5, 0.6) is 0 Å². The maximum Gasteiger partial charge on any atom is 0.0629 e. The summed E-state index contributed by atoms with van der Waals surface area (Å²) in [5.74, 6) is 0. The highest BCUT2D eigenvalue weighted by Crippen LogP contribution is 2.30. The number of aliphatic hydroxyl groups is 1. The van der Waals surface area contributed by atoms with Crippen LogP contribution in [0.25, 0.3) is 0 Å². The molecule has 0 saturated carbocycles. The topological polar surface area (TPSA) is 46.2 Å². The number of hydrogen-bond donors (Lipinski definition) is 2. The molecule has 0 amide bonds. The first-order chi connectivity index (χ1) is 5.29. The van der Waals surface area contributed by atoms with E-state index in [-0.39, 0.29) is 6.10 Å². The quantitative estimate of drug-likeness (QED) is 0.649. The summed E-state index contributed by atoms with van der Waals surface area (Å²) in [6.07, 6.45) is 1.52. The van der Waals surface area contributed by atoms with Crippen molar-refractivity contribution in [3.05, 3.63) is 21.4 Å². The van der Waals surface area contributed by atoms with Gasteiger partial charge in [-0.3, -0.25) is 0 Å². The number of fused-ring (bicyclic) bond motifs is 1. The van der Waals surface area contributed by atoms with Crippen molar-refractivity contribution in [1.82, 2.24) is 0 Å². The lowest BCUT2D eigenvalue weighted by molar-refractivity contribution is 0.187. The Hall–Kier alpha value is -0.380. The molecule has 1 aromatic rings. The second-order valence-corrected chi connectivity index (χ2v) is 4.15. The monoisotopic (exact) mass is 169 g/mol. The summed E-state index contributed by atoms with van der Waals surface area (Å²) in [5.41, 5.74) is 6.80. The Morgan fingerprint density at radius 3 is 3.09 bits per heavy atom. The fourth-order valence-corrected chi connectivity index (χ4v) is 2.66. The zero-order chi connectivity index (χ0) is 7.84. The van der Waals surface area contributed by atoms with Gasteiger partial charge in [0.05, 0.1) is 6.10 Å². The van der Waals surface area contributed by atoms with E-state index in [1.807, 2.05) is 0 Å². The number of hydrogen-bond acceptors (Lipinski definition) is 3. The van der Waals surface area contributed by atoms with Crippen molar-refractivity contribution in [2.75, 3.05) is 0 Å². The second-order valence-electron chi connectivity index (χ2n) is 2.93. The summed E-state index contributed by atoms with van der Waals surface area (Å²) < 4.78 is 0. The van der Waals surface area contributed by atoms with Crippen LogP contribution < -0.4 is 5.73 Å². The molecule has 0 aliphatic heterocycles. The predicted octanol–water partition coefficient (Wildman–Crippen LogP) is 0.666. The molecule has 2 rings (SSSR count). The average molecular weight is 169 g/mol. The lowest BCUT2D eigenvalue weighted by Crippen LogP contribution is -2.04. The summed E-state index contributed by atoms with van der Waals surface area (Å²) in [7, 11) is 0. The van der Waals surface area contributed by atoms with E-state index in [4.69, 9.17) is 5.73 Å². The van der Waals surface area contributed by atoms with E-state index in [0.717, 1.165) is 12.8 Å². The van der Waals surface area contributed by atoms with Gasteiger partial charge in [0, 0.05) is 22.7 Å². The highest BCUT2D eigenvalue weighted by Gasteiger charge is 2.21. The molecule has 1 atom stereocenters. The van der Waals surface area contributed by atoms with Gasteiger partial charge in [0.15, 0.2) is 0 Å². The van der Waals surface area contributed by atoms with Crippen LogP contribution in [0.2, 0.25) is 0 Å². The third-order valence-electron chi connectivity index (χ3n) is 2.03. The summed E-state index contributed by atoms with van der Waals surface area (Å²) in [6.45, 7) is 0.633. The molecule has 0 unspecified atom stereocenters. The summed E-state index contributed by atoms with van der Waals surface area (Å²) in [6, 6.07) is 2.12. The molecule has 0 fully saturated rings. The van der Waals surface area contributed by atoms with Crippen molar-refractivity contribution in [2.45, 2.75) is 25.5 Å². The number of thiophene rings is 1. The van der Waals surface area contributed by atoms with Crippen molar-refractivity contribution in [2.24, 2.45) is 5.73 Å². The molecule has 1 aliphatic carbocycles. The fourth-order valence-electron chi connectivity index (χ4n) is 1.51. The van der Waals surface area contributed by atoms with Crippen LogP contribution in [0.15, 0.2) is 6.07 Å². The molecule has 3 N–H and O–H groups in total. The van der Waals surface area contributed by atoms with Crippen LogP contribution in [0.1, 0.15) is 15.3 Å². The maximum absolute atomic E-state index is 9.28.